The molecule has 19 heavy (non-hydrogen) atoms. The Morgan fingerprint density at radius 3 is 2.47 bits per heavy atom. The number of sulfonamides is 1. The van der Waals surface area contributed by atoms with Gasteiger partial charge in [-0.1, -0.05) is 19.9 Å². The number of halogens is 1. The van der Waals surface area contributed by atoms with Gasteiger partial charge in [0.15, 0.2) is 0 Å². The second-order valence-corrected chi connectivity index (χ2v) is 6.04. The second kappa shape index (κ2) is 6.12. The fourth-order valence-electron chi connectivity index (χ4n) is 1.45. The van der Waals surface area contributed by atoms with E-state index in [1.165, 1.54) is 19.2 Å². The van der Waals surface area contributed by atoms with Crippen LogP contribution in [-0.4, -0.2) is 27.5 Å². The molecule has 0 saturated carbocycles. The first-order chi connectivity index (χ1) is 8.77. The van der Waals surface area contributed by atoms with Crippen molar-refractivity contribution in [1.82, 2.24) is 4.72 Å². The Labute approximate surface area is 111 Å². The van der Waals surface area contributed by atoms with Gasteiger partial charge in [-0.3, -0.25) is 4.79 Å². The molecule has 1 atom stereocenters. The van der Waals surface area contributed by atoms with Crippen LogP contribution >= 0.6 is 0 Å². The molecule has 0 bridgehead atoms. The summed E-state index contributed by atoms with van der Waals surface area (Å²) in [6.07, 6.45) is 0. The van der Waals surface area contributed by atoms with Gasteiger partial charge in [0.25, 0.3) is 0 Å². The maximum Gasteiger partial charge on any atom is 0.324 e. The Balaban J connectivity index is 3.04. The number of methoxy groups -OCH3 is 1. The minimum absolute atomic E-state index is 0.234. The minimum atomic E-state index is -3.97. The lowest BCUT2D eigenvalue weighted by Crippen LogP contribution is -2.44. The van der Waals surface area contributed by atoms with E-state index in [1.54, 1.807) is 13.8 Å². The zero-order valence-corrected chi connectivity index (χ0v) is 11.7. The van der Waals surface area contributed by atoms with Crippen LogP contribution < -0.4 is 4.72 Å². The van der Waals surface area contributed by atoms with Crippen LogP contribution in [0.25, 0.3) is 0 Å². The van der Waals surface area contributed by atoms with Crippen molar-refractivity contribution in [2.45, 2.75) is 24.8 Å². The van der Waals surface area contributed by atoms with Gasteiger partial charge < -0.3 is 4.74 Å². The topological polar surface area (TPSA) is 72.5 Å². The van der Waals surface area contributed by atoms with Crippen LogP contribution in [0.1, 0.15) is 13.8 Å². The Morgan fingerprint density at radius 1 is 1.37 bits per heavy atom. The van der Waals surface area contributed by atoms with Gasteiger partial charge in [0.2, 0.25) is 10.0 Å². The number of hydrogen-bond acceptors (Lipinski definition) is 4. The highest BCUT2D eigenvalue weighted by Gasteiger charge is 2.29. The summed E-state index contributed by atoms with van der Waals surface area (Å²) in [5.74, 6) is -1.65. The summed E-state index contributed by atoms with van der Waals surface area (Å²) in [5.41, 5.74) is 0. The quantitative estimate of drug-likeness (QED) is 0.829. The Morgan fingerprint density at radius 2 is 2.00 bits per heavy atom. The normalized spacial score (nSPS) is 13.3. The minimum Gasteiger partial charge on any atom is -0.468 e. The van der Waals surface area contributed by atoms with Crippen LogP contribution in [0.15, 0.2) is 29.2 Å². The van der Waals surface area contributed by atoms with Crippen molar-refractivity contribution >= 4 is 16.0 Å². The van der Waals surface area contributed by atoms with E-state index >= 15 is 0 Å². The highest BCUT2D eigenvalue weighted by Crippen LogP contribution is 2.13. The van der Waals surface area contributed by atoms with Gasteiger partial charge >= 0.3 is 5.97 Å². The van der Waals surface area contributed by atoms with Gasteiger partial charge in [-0.2, -0.15) is 4.72 Å². The van der Waals surface area contributed by atoms with Crippen LogP contribution in [0.3, 0.4) is 0 Å². The van der Waals surface area contributed by atoms with E-state index in [2.05, 4.69) is 9.46 Å². The predicted molar refractivity (Wildman–Crippen MR) is 67.4 cm³/mol. The number of carbonyl (C=O) groups is 1. The van der Waals surface area contributed by atoms with Crippen molar-refractivity contribution in [3.63, 3.8) is 0 Å². The molecule has 0 saturated heterocycles. The molecule has 0 aliphatic rings. The smallest absolute Gasteiger partial charge is 0.324 e. The third kappa shape index (κ3) is 4.00. The number of esters is 1. The molecule has 0 unspecified atom stereocenters. The van der Waals surface area contributed by atoms with Crippen LogP contribution in [0.2, 0.25) is 0 Å². The van der Waals surface area contributed by atoms with Gasteiger partial charge in [0, 0.05) is 0 Å². The van der Waals surface area contributed by atoms with E-state index in [1.807, 2.05) is 0 Å². The van der Waals surface area contributed by atoms with Gasteiger partial charge in [-0.25, -0.2) is 12.8 Å². The molecular formula is C12H16FNO4S. The molecule has 0 aliphatic heterocycles. The van der Waals surface area contributed by atoms with Crippen LogP contribution in [-0.2, 0) is 19.6 Å². The summed E-state index contributed by atoms with van der Waals surface area (Å²) in [5, 5.41) is 0. The van der Waals surface area contributed by atoms with Crippen LogP contribution in [0, 0.1) is 11.7 Å². The monoisotopic (exact) mass is 289 g/mol. The Kier molecular flexibility index (Phi) is 5.02. The summed E-state index contributed by atoms with van der Waals surface area (Å²) in [6, 6.07) is 3.54. The summed E-state index contributed by atoms with van der Waals surface area (Å²) in [6.45, 7) is 3.35. The number of nitrogens with one attached hydrogen (secondary N) is 1. The Bertz CT molecular complexity index is 557. The molecule has 0 radical (unpaired) electrons. The molecule has 0 aliphatic carbocycles. The van der Waals surface area contributed by atoms with Crippen molar-refractivity contribution in [1.29, 1.82) is 0 Å². The lowest BCUT2D eigenvalue weighted by molar-refractivity contribution is -0.143. The molecule has 1 aromatic carbocycles. The van der Waals surface area contributed by atoms with E-state index in [9.17, 15) is 17.6 Å². The average Bonchev–Trinajstić information content (AvgIpc) is 2.35. The third-order valence-corrected chi connectivity index (χ3v) is 3.95. The van der Waals surface area contributed by atoms with Crippen molar-refractivity contribution in [2.75, 3.05) is 7.11 Å². The largest absolute Gasteiger partial charge is 0.468 e. The first kappa shape index (κ1) is 15.6. The summed E-state index contributed by atoms with van der Waals surface area (Å²) < 4.78 is 43.9. The number of carbonyl (C=O) groups excluding carboxylic acids is 1. The molecule has 0 fully saturated rings. The van der Waals surface area contributed by atoms with Gasteiger partial charge in [-0.15, -0.1) is 0 Å². The van der Waals surface area contributed by atoms with E-state index in [4.69, 9.17) is 0 Å². The molecule has 0 amide bonds. The second-order valence-electron chi connectivity index (χ2n) is 4.32. The zero-order chi connectivity index (χ0) is 14.6. The molecule has 1 aromatic rings. The van der Waals surface area contributed by atoms with Gasteiger partial charge in [0.1, 0.15) is 11.9 Å². The predicted octanol–water partition coefficient (Wildman–Crippen LogP) is 1.30. The molecule has 5 nitrogen and oxygen atoms in total. The van der Waals surface area contributed by atoms with Crippen molar-refractivity contribution < 1.29 is 22.3 Å². The zero-order valence-electron chi connectivity index (χ0n) is 10.9. The highest BCUT2D eigenvalue weighted by atomic mass is 32.2. The first-order valence-electron chi connectivity index (χ1n) is 5.63. The lowest BCUT2D eigenvalue weighted by atomic mass is 10.1. The highest BCUT2D eigenvalue weighted by molar-refractivity contribution is 7.89. The Hall–Kier alpha value is -1.47. The summed E-state index contributed by atoms with van der Waals surface area (Å²) in [7, 11) is -2.80. The molecule has 0 heterocycles. The SMILES string of the molecule is COC(=O)[C@@H](NS(=O)(=O)c1cccc(F)c1)C(C)C. The first-order valence-corrected chi connectivity index (χ1v) is 7.12. The van der Waals surface area contributed by atoms with Gasteiger partial charge in [-0.05, 0) is 24.1 Å². The number of hydrogen-bond donors (Lipinski definition) is 1. The number of rotatable bonds is 5. The van der Waals surface area contributed by atoms with E-state index in [0.717, 1.165) is 12.1 Å². The molecule has 1 rings (SSSR count). The fourth-order valence-corrected chi connectivity index (χ4v) is 2.82. The van der Waals surface area contributed by atoms with Crippen LogP contribution in [0.4, 0.5) is 4.39 Å². The fraction of sp³-hybridized carbons (Fsp3) is 0.417. The number of benzene rings is 1. The van der Waals surface area contributed by atoms with Gasteiger partial charge in [0.05, 0.1) is 12.0 Å². The summed E-state index contributed by atoms with van der Waals surface area (Å²) in [4.78, 5) is 11.3. The average molecular weight is 289 g/mol. The molecular weight excluding hydrogens is 273 g/mol. The number of ether oxygens (including phenoxy) is 1. The van der Waals surface area contributed by atoms with Crippen molar-refractivity contribution in [3.8, 4) is 0 Å². The maximum atomic E-state index is 13.0. The molecule has 1 N–H and O–H groups in total. The lowest BCUT2D eigenvalue weighted by Gasteiger charge is -2.19. The van der Waals surface area contributed by atoms with E-state index < -0.39 is 27.9 Å². The summed E-state index contributed by atoms with van der Waals surface area (Å²) >= 11 is 0. The van der Waals surface area contributed by atoms with E-state index in [0.29, 0.717) is 0 Å². The van der Waals surface area contributed by atoms with Crippen molar-refractivity contribution in [3.05, 3.63) is 30.1 Å². The molecule has 0 aromatic heterocycles. The third-order valence-electron chi connectivity index (χ3n) is 2.51. The molecule has 0 spiro atoms. The van der Waals surface area contributed by atoms with Crippen molar-refractivity contribution in [2.24, 2.45) is 5.92 Å². The molecule has 106 valence electrons. The molecule has 7 heteroatoms. The standard InChI is InChI=1S/C12H16FNO4S/c1-8(2)11(12(15)18-3)14-19(16,17)10-6-4-5-9(13)7-10/h4-8,11,14H,1-3H3/t11-/m0/s1. The van der Waals surface area contributed by atoms with Crippen LogP contribution in [0.5, 0.6) is 0 Å². The van der Waals surface area contributed by atoms with E-state index in [-0.39, 0.29) is 10.8 Å². The maximum absolute atomic E-state index is 13.0.